The van der Waals surface area contributed by atoms with Crippen LogP contribution in [0.4, 0.5) is 0 Å². The van der Waals surface area contributed by atoms with Crippen molar-refractivity contribution in [3.05, 3.63) is 91.5 Å². The summed E-state index contributed by atoms with van der Waals surface area (Å²) in [6, 6.07) is 17.0. The molecule has 17 heteroatoms. The van der Waals surface area contributed by atoms with E-state index in [1.165, 1.54) is 0 Å². The molecule has 4 aromatic rings. The molecule has 1 radical (unpaired) electrons. The SMILES string of the molecule is C=CC(=O)OCCCCCCOc1ccc(OC(=O)C2CCC(C(=O)Oc3ccc(OC(=O)C4CCC(C(=O)Oc5ccc(OCCCCCCOC(=O)C=C)cc5)CC4)c4s[c-]nc34)CC2)cc1.[Y]. The fourth-order valence-corrected chi connectivity index (χ4v) is 8.78. The molecule has 1 aromatic heterocycles. The first-order valence-electron chi connectivity index (χ1n) is 23.8. The van der Waals surface area contributed by atoms with Gasteiger partial charge in [-0.1, -0.05) is 17.9 Å². The summed E-state index contributed by atoms with van der Waals surface area (Å²) in [6.45, 7) is 8.58. The molecule has 0 unspecified atom stereocenters. The van der Waals surface area contributed by atoms with Gasteiger partial charge in [0.05, 0.1) is 61.6 Å². The van der Waals surface area contributed by atoms with Gasteiger partial charge in [0.1, 0.15) is 23.0 Å². The number of esters is 6. The molecule has 0 aliphatic heterocycles. The number of nitrogens with zero attached hydrogens (tertiary/aromatic N) is 1. The molecule has 371 valence electrons. The minimum absolute atomic E-state index is 0. The number of hydrogen-bond donors (Lipinski definition) is 0. The van der Waals surface area contributed by atoms with E-state index in [1.807, 2.05) is 0 Å². The summed E-state index contributed by atoms with van der Waals surface area (Å²) in [5.41, 5.74) is 3.18. The fourth-order valence-electron chi connectivity index (χ4n) is 8.09. The van der Waals surface area contributed by atoms with Gasteiger partial charge in [0.15, 0.2) is 0 Å². The molecule has 3 aromatic carbocycles. The van der Waals surface area contributed by atoms with Crippen molar-refractivity contribution in [2.75, 3.05) is 26.4 Å². The summed E-state index contributed by atoms with van der Waals surface area (Å²) in [6.07, 6.45) is 13.1. The molecular formula is C53H60NO14SY-. The van der Waals surface area contributed by atoms with Crippen molar-refractivity contribution in [1.29, 1.82) is 0 Å². The maximum atomic E-state index is 13.3. The number of carbonyl (C=O) groups excluding carboxylic acids is 6. The molecule has 0 N–H and O–H groups in total. The van der Waals surface area contributed by atoms with E-state index in [4.69, 9.17) is 37.9 Å². The zero-order valence-corrected chi connectivity index (χ0v) is 43.1. The van der Waals surface area contributed by atoms with Gasteiger partial charge in [-0.05, 0) is 174 Å². The van der Waals surface area contributed by atoms with Crippen LogP contribution in [0.15, 0.2) is 86.0 Å². The third kappa shape index (κ3) is 17.7. The number of aromatic nitrogens is 1. The summed E-state index contributed by atoms with van der Waals surface area (Å²) in [7, 11) is 0. The van der Waals surface area contributed by atoms with E-state index in [2.05, 4.69) is 23.7 Å². The number of benzene rings is 3. The van der Waals surface area contributed by atoms with Crippen LogP contribution >= 0.6 is 11.3 Å². The van der Waals surface area contributed by atoms with E-state index in [0.29, 0.717) is 117 Å². The Hall–Kier alpha value is -5.45. The summed E-state index contributed by atoms with van der Waals surface area (Å²) in [4.78, 5) is 79.2. The minimum atomic E-state index is -0.423. The van der Waals surface area contributed by atoms with Crippen LogP contribution in [0.3, 0.4) is 0 Å². The molecular weight excluding hydrogens is 996 g/mol. The number of unbranched alkanes of at least 4 members (excludes halogenated alkanes) is 6. The molecule has 1 heterocycles. The van der Waals surface area contributed by atoms with Crippen molar-refractivity contribution in [2.45, 2.75) is 103 Å². The Morgan fingerprint density at radius 2 is 0.829 bits per heavy atom. The van der Waals surface area contributed by atoms with Crippen molar-refractivity contribution in [3.63, 3.8) is 0 Å². The van der Waals surface area contributed by atoms with Crippen LogP contribution in [0, 0.1) is 29.2 Å². The topological polar surface area (TPSA) is 189 Å². The van der Waals surface area contributed by atoms with Gasteiger partial charge in [-0.15, -0.1) is 0 Å². The Kier molecular flexibility index (Phi) is 23.5. The van der Waals surface area contributed by atoms with Gasteiger partial charge in [0.25, 0.3) is 0 Å². The van der Waals surface area contributed by atoms with Crippen molar-refractivity contribution in [3.8, 4) is 34.5 Å². The summed E-state index contributed by atoms with van der Waals surface area (Å²) < 4.78 is 45.1. The maximum Gasteiger partial charge on any atom is 0.330 e. The average Bonchev–Trinajstić information content (AvgIpc) is 3.88. The van der Waals surface area contributed by atoms with Gasteiger partial charge < -0.3 is 42.9 Å². The number of hydrogen-bond acceptors (Lipinski definition) is 16. The predicted molar refractivity (Wildman–Crippen MR) is 255 cm³/mol. The van der Waals surface area contributed by atoms with Crippen LogP contribution in [0.25, 0.3) is 10.2 Å². The Morgan fingerprint density at radius 1 is 0.486 bits per heavy atom. The molecule has 70 heavy (non-hydrogen) atoms. The summed E-state index contributed by atoms with van der Waals surface area (Å²) >= 11 is 1.15. The van der Waals surface area contributed by atoms with Crippen LogP contribution in [0.5, 0.6) is 34.5 Å². The summed E-state index contributed by atoms with van der Waals surface area (Å²) in [5, 5.41) is 0. The molecule has 0 amide bonds. The molecule has 2 aliphatic rings. The Bertz CT molecular complexity index is 2190. The van der Waals surface area contributed by atoms with Crippen LogP contribution in [0.1, 0.15) is 103 Å². The minimum Gasteiger partial charge on any atom is -0.494 e. The van der Waals surface area contributed by atoms with Crippen LogP contribution in [0.2, 0.25) is 0 Å². The van der Waals surface area contributed by atoms with Crippen LogP contribution in [-0.4, -0.2) is 67.2 Å². The second-order valence-corrected chi connectivity index (χ2v) is 17.8. The first kappa shape index (κ1) is 55.5. The number of rotatable bonds is 26. The number of fused-ring (bicyclic) bond motifs is 1. The van der Waals surface area contributed by atoms with Crippen molar-refractivity contribution >= 4 is 57.4 Å². The number of ether oxygens (including phenoxy) is 8. The molecule has 6 rings (SSSR count). The Balaban J connectivity index is 0.00000913. The second-order valence-electron chi connectivity index (χ2n) is 17.0. The van der Waals surface area contributed by atoms with Crippen molar-refractivity contribution in [1.82, 2.24) is 4.98 Å². The molecule has 0 saturated heterocycles. The standard InChI is InChI=1S/C53H60NO14S.Y/c1-3-46(55)63-33-11-7-5-9-31-61-40-21-25-42(26-22-40)65-50(57)36-13-17-38(18-14-36)52(59)67-44-29-30-45(49-48(44)54-35-69-49)68-53(60)39-19-15-37(16-20-39)51(58)66-43-27-23-41(24-28-43)62-32-10-6-8-12-34-64-47(56)4-2;/h3-4,21-30,36-39H,1-2,5-20,31-34H2;/q-1;. The van der Waals surface area contributed by atoms with Crippen LogP contribution < -0.4 is 28.4 Å². The quantitative estimate of drug-likeness (QED) is 0.0190. The number of thiazole rings is 1. The van der Waals surface area contributed by atoms with Gasteiger partial charge in [-0.3, -0.25) is 30.5 Å². The van der Waals surface area contributed by atoms with Crippen molar-refractivity contribution < 1.29 is 99.4 Å². The first-order chi connectivity index (χ1) is 33.6. The molecule has 0 bridgehead atoms. The van der Waals surface area contributed by atoms with E-state index >= 15 is 0 Å². The monoisotopic (exact) mass is 1060 g/mol. The largest absolute Gasteiger partial charge is 0.494 e. The molecule has 0 atom stereocenters. The van der Waals surface area contributed by atoms with Gasteiger partial charge in [-0.25, -0.2) is 9.59 Å². The summed E-state index contributed by atoms with van der Waals surface area (Å²) in [5.74, 6) is -1.15. The van der Waals surface area contributed by atoms with Gasteiger partial charge in [0.2, 0.25) is 0 Å². The van der Waals surface area contributed by atoms with Gasteiger partial charge in [-0.2, -0.15) is 0 Å². The normalized spacial score (nSPS) is 17.4. The van der Waals surface area contributed by atoms with E-state index in [0.717, 1.165) is 74.9 Å². The molecule has 2 fully saturated rings. The molecule has 2 saturated carbocycles. The fraction of sp³-hybridized carbons (Fsp3) is 0.453. The zero-order chi connectivity index (χ0) is 48.8. The van der Waals surface area contributed by atoms with E-state index in [-0.39, 0.29) is 62.2 Å². The third-order valence-electron chi connectivity index (χ3n) is 12.1. The van der Waals surface area contributed by atoms with Gasteiger partial charge in [0, 0.05) is 44.9 Å². The maximum absolute atomic E-state index is 13.3. The smallest absolute Gasteiger partial charge is 0.330 e. The average molecular weight is 1060 g/mol. The van der Waals surface area contributed by atoms with E-state index in [9.17, 15) is 28.8 Å². The van der Waals surface area contributed by atoms with E-state index in [1.54, 1.807) is 60.7 Å². The van der Waals surface area contributed by atoms with Crippen LogP contribution in [-0.2, 0) is 71.0 Å². The molecule has 15 nitrogen and oxygen atoms in total. The first-order valence-corrected chi connectivity index (χ1v) is 24.6. The van der Waals surface area contributed by atoms with Gasteiger partial charge >= 0.3 is 35.8 Å². The molecule has 2 aliphatic carbocycles. The Morgan fingerprint density at radius 3 is 1.23 bits per heavy atom. The zero-order valence-electron chi connectivity index (χ0n) is 39.4. The molecule has 0 spiro atoms. The predicted octanol–water partition coefficient (Wildman–Crippen LogP) is 10.1. The second kappa shape index (κ2) is 29.7. The Labute approximate surface area is 437 Å². The van der Waals surface area contributed by atoms with E-state index < -0.39 is 35.7 Å². The van der Waals surface area contributed by atoms with Crippen molar-refractivity contribution in [2.24, 2.45) is 23.7 Å². The third-order valence-corrected chi connectivity index (χ3v) is 12.9. The number of carbonyl (C=O) groups is 6.